The molecule has 0 saturated heterocycles. The Morgan fingerprint density at radius 1 is 1.19 bits per heavy atom. The summed E-state index contributed by atoms with van der Waals surface area (Å²) >= 11 is 2.32. The molecule has 2 unspecified atom stereocenters. The van der Waals surface area contributed by atoms with Crippen LogP contribution in [0, 0.1) is 0 Å². The summed E-state index contributed by atoms with van der Waals surface area (Å²) in [4.78, 5) is 8.51. The number of nitrogens with two attached hydrogens (primary N) is 2. The largest absolute Gasteiger partial charge is 0.399 e. The normalized spacial score (nSPS) is 23.2. The van der Waals surface area contributed by atoms with Gasteiger partial charge in [0.25, 0.3) is 0 Å². The highest BCUT2D eigenvalue weighted by atomic mass is 127. The zero-order chi connectivity index (χ0) is 14.6. The van der Waals surface area contributed by atoms with Gasteiger partial charge in [0.15, 0.2) is 5.82 Å². The zero-order valence-electron chi connectivity index (χ0n) is 11.3. The highest BCUT2D eigenvalue weighted by molar-refractivity contribution is 14.1. The molecule has 0 amide bonds. The molecule has 5 N–H and O–H groups in total. The van der Waals surface area contributed by atoms with E-state index in [-0.39, 0.29) is 4.05 Å². The first-order valence-corrected chi connectivity index (χ1v) is 8.05. The van der Waals surface area contributed by atoms with Gasteiger partial charge in [0.05, 0.1) is 11.6 Å². The lowest BCUT2D eigenvalue weighted by Gasteiger charge is -2.25. The maximum atomic E-state index is 5.99. The Morgan fingerprint density at radius 2 is 2.00 bits per heavy atom. The van der Waals surface area contributed by atoms with Crippen molar-refractivity contribution in [3.05, 3.63) is 41.2 Å². The molecule has 21 heavy (non-hydrogen) atoms. The van der Waals surface area contributed by atoms with E-state index in [4.69, 9.17) is 11.5 Å². The fourth-order valence-corrected chi connectivity index (χ4v) is 4.06. The third kappa shape index (κ3) is 2.03. The van der Waals surface area contributed by atoms with E-state index < -0.39 is 0 Å². The van der Waals surface area contributed by atoms with Gasteiger partial charge in [-0.1, -0.05) is 28.7 Å². The fraction of sp³-hybridized carbons (Fsp3) is 0.286. The van der Waals surface area contributed by atoms with Crippen molar-refractivity contribution in [1.82, 2.24) is 15.4 Å². The molecule has 7 heteroatoms. The molecule has 0 saturated carbocycles. The second kappa shape index (κ2) is 4.70. The molecule has 0 radical (unpaired) electrons. The van der Waals surface area contributed by atoms with Gasteiger partial charge in [0.1, 0.15) is 16.2 Å². The predicted molar refractivity (Wildman–Crippen MR) is 90.9 cm³/mol. The number of rotatable bonds is 1. The molecule has 1 aliphatic heterocycles. The molecule has 1 aromatic carbocycles. The number of fused-ring (bicyclic) bond motifs is 2. The van der Waals surface area contributed by atoms with Crippen molar-refractivity contribution in [2.24, 2.45) is 0 Å². The number of aromatic nitrogens is 2. The van der Waals surface area contributed by atoms with Gasteiger partial charge >= 0.3 is 0 Å². The molecule has 0 bridgehead atoms. The standard InChI is InChI=1S/C14H15IN6/c15-12-11-13(17)18-6-19-14(11)21(20-12)10-4-7-1-2-9(16)3-8(7)5-10/h1-3,6,10,12,20H,4-5,16H2,(H2,17,18,19). The summed E-state index contributed by atoms with van der Waals surface area (Å²) in [6.07, 6.45) is 3.47. The van der Waals surface area contributed by atoms with E-state index in [1.807, 2.05) is 6.07 Å². The van der Waals surface area contributed by atoms with Crippen LogP contribution >= 0.6 is 22.6 Å². The molecule has 1 aliphatic carbocycles. The summed E-state index contributed by atoms with van der Waals surface area (Å²) in [7, 11) is 0. The minimum atomic E-state index is 0.104. The number of benzene rings is 1. The highest BCUT2D eigenvalue weighted by Gasteiger charge is 2.37. The van der Waals surface area contributed by atoms with Crippen molar-refractivity contribution in [2.75, 3.05) is 16.5 Å². The highest BCUT2D eigenvalue weighted by Crippen LogP contribution is 2.40. The second-order valence-corrected chi connectivity index (χ2v) is 6.69. The summed E-state index contributed by atoms with van der Waals surface area (Å²) in [5.41, 5.74) is 19.8. The van der Waals surface area contributed by atoms with E-state index in [1.54, 1.807) is 0 Å². The van der Waals surface area contributed by atoms with Gasteiger partial charge in [-0.3, -0.25) is 5.01 Å². The van der Waals surface area contributed by atoms with Crippen molar-refractivity contribution in [3.8, 4) is 0 Å². The van der Waals surface area contributed by atoms with E-state index in [2.05, 4.69) is 55.1 Å². The molecule has 0 spiro atoms. The Bertz CT molecular complexity index is 719. The van der Waals surface area contributed by atoms with Crippen LogP contribution in [0.3, 0.4) is 0 Å². The Morgan fingerprint density at radius 3 is 2.86 bits per heavy atom. The van der Waals surface area contributed by atoms with Gasteiger partial charge in [-0.15, -0.1) is 0 Å². The van der Waals surface area contributed by atoms with Gasteiger partial charge in [-0.05, 0) is 36.1 Å². The van der Waals surface area contributed by atoms with Crippen LogP contribution < -0.4 is 21.9 Å². The Balaban J connectivity index is 1.68. The third-order valence-electron chi connectivity index (χ3n) is 4.13. The molecule has 0 fully saturated rings. The van der Waals surface area contributed by atoms with Crippen molar-refractivity contribution in [1.29, 1.82) is 0 Å². The average Bonchev–Trinajstić information content (AvgIpc) is 3.00. The van der Waals surface area contributed by atoms with Crippen LogP contribution in [0.25, 0.3) is 0 Å². The van der Waals surface area contributed by atoms with Gasteiger partial charge in [-0.25, -0.2) is 15.4 Å². The molecule has 2 aliphatic rings. The Kier molecular flexibility index (Phi) is 2.93. The van der Waals surface area contributed by atoms with E-state index in [9.17, 15) is 0 Å². The first kappa shape index (κ1) is 13.1. The third-order valence-corrected chi connectivity index (χ3v) is 5.04. The average molecular weight is 394 g/mol. The Labute approximate surface area is 136 Å². The topological polar surface area (TPSA) is 93.1 Å². The van der Waals surface area contributed by atoms with Gasteiger partial charge in [0, 0.05) is 5.69 Å². The van der Waals surface area contributed by atoms with Crippen molar-refractivity contribution in [2.45, 2.75) is 22.9 Å². The van der Waals surface area contributed by atoms with Crippen molar-refractivity contribution in [3.63, 3.8) is 0 Å². The number of hydrogen-bond donors (Lipinski definition) is 3. The van der Waals surface area contributed by atoms with Crippen LogP contribution in [0.4, 0.5) is 17.3 Å². The smallest absolute Gasteiger partial charge is 0.154 e. The maximum absolute atomic E-state index is 5.99. The number of nitrogens with zero attached hydrogens (tertiary/aromatic N) is 3. The number of halogens is 1. The van der Waals surface area contributed by atoms with Crippen LogP contribution in [-0.4, -0.2) is 16.0 Å². The van der Waals surface area contributed by atoms with E-state index >= 15 is 0 Å². The quantitative estimate of drug-likeness (QED) is 0.294. The number of nitrogen functional groups attached to an aromatic ring is 2. The predicted octanol–water partition coefficient (Wildman–Crippen LogP) is 1.57. The Hall–Kier alpha value is -1.61. The monoisotopic (exact) mass is 394 g/mol. The van der Waals surface area contributed by atoms with E-state index in [0.717, 1.165) is 29.9 Å². The van der Waals surface area contributed by atoms with Crippen LogP contribution in [0.1, 0.15) is 20.7 Å². The molecule has 1 aromatic heterocycles. The number of hydrazine groups is 1. The van der Waals surface area contributed by atoms with Crippen LogP contribution in [0.15, 0.2) is 24.5 Å². The minimum absolute atomic E-state index is 0.104. The molecule has 2 aromatic rings. The second-order valence-electron chi connectivity index (χ2n) is 5.45. The number of alkyl halides is 1. The molecule has 2 atom stereocenters. The first-order chi connectivity index (χ1) is 10.1. The van der Waals surface area contributed by atoms with Crippen molar-refractivity contribution >= 4 is 39.9 Å². The van der Waals surface area contributed by atoms with Gasteiger partial charge in [-0.2, -0.15) is 0 Å². The summed E-state index contributed by atoms with van der Waals surface area (Å²) in [5, 5.41) is 2.14. The summed E-state index contributed by atoms with van der Waals surface area (Å²) in [5.74, 6) is 1.45. The molecule has 6 nitrogen and oxygen atoms in total. The zero-order valence-corrected chi connectivity index (χ0v) is 13.4. The van der Waals surface area contributed by atoms with Gasteiger partial charge in [0.2, 0.25) is 0 Å². The fourth-order valence-electron chi connectivity index (χ4n) is 3.16. The van der Waals surface area contributed by atoms with E-state index in [1.165, 1.54) is 17.5 Å². The molecule has 4 rings (SSSR count). The number of hydrogen-bond acceptors (Lipinski definition) is 6. The van der Waals surface area contributed by atoms with Gasteiger partial charge < -0.3 is 11.5 Å². The minimum Gasteiger partial charge on any atom is -0.399 e. The lowest BCUT2D eigenvalue weighted by atomic mass is 10.1. The SMILES string of the molecule is Nc1ccc2c(c1)CC(N1NC(I)c3c(N)ncnc31)C2. The molecule has 2 heterocycles. The summed E-state index contributed by atoms with van der Waals surface area (Å²) in [6, 6.07) is 6.49. The van der Waals surface area contributed by atoms with E-state index in [0.29, 0.717) is 11.9 Å². The lowest BCUT2D eigenvalue weighted by Crippen LogP contribution is -2.43. The summed E-state index contributed by atoms with van der Waals surface area (Å²) in [6.45, 7) is 0. The van der Waals surface area contributed by atoms with Crippen LogP contribution in [0.2, 0.25) is 0 Å². The summed E-state index contributed by atoms with van der Waals surface area (Å²) < 4.78 is 0.104. The molecule has 108 valence electrons. The number of anilines is 3. The maximum Gasteiger partial charge on any atom is 0.154 e. The number of nitrogens with one attached hydrogen (secondary N) is 1. The van der Waals surface area contributed by atoms with Crippen molar-refractivity contribution < 1.29 is 0 Å². The molecular weight excluding hydrogens is 379 g/mol. The lowest BCUT2D eigenvalue weighted by molar-refractivity contribution is 0.549. The van der Waals surface area contributed by atoms with Crippen LogP contribution in [-0.2, 0) is 12.8 Å². The van der Waals surface area contributed by atoms with Crippen LogP contribution in [0.5, 0.6) is 0 Å². The molecular formula is C14H15IN6. The first-order valence-electron chi connectivity index (χ1n) is 6.80.